The van der Waals surface area contributed by atoms with Gasteiger partial charge >= 0.3 is 0 Å². The molecule has 0 radical (unpaired) electrons. The van der Waals surface area contributed by atoms with Crippen molar-refractivity contribution < 1.29 is 5.11 Å². The summed E-state index contributed by atoms with van der Waals surface area (Å²) < 4.78 is 0. The van der Waals surface area contributed by atoms with Crippen molar-refractivity contribution in [3.63, 3.8) is 0 Å². The average molecular weight is 253 g/mol. The van der Waals surface area contributed by atoms with Crippen LogP contribution in [-0.4, -0.2) is 17.7 Å². The Morgan fingerprint density at radius 2 is 2.18 bits per heavy atom. The maximum absolute atomic E-state index is 9.35. The number of para-hydroxylation sites is 1. The molecule has 0 unspecified atom stereocenters. The molecule has 0 aliphatic heterocycles. The Labute approximate surface area is 107 Å². The number of halogens is 1. The highest BCUT2D eigenvalue weighted by Gasteiger charge is 2.16. The first-order chi connectivity index (χ1) is 8.11. The maximum Gasteiger partial charge on any atom is 0.0702 e. The minimum atomic E-state index is -0.0499. The van der Waals surface area contributed by atoms with Crippen LogP contribution in [0.25, 0.3) is 0 Å². The third-order valence-corrected chi connectivity index (χ3v) is 2.92. The Kier molecular flexibility index (Phi) is 5.27. The fourth-order valence-electron chi connectivity index (χ4n) is 1.81. The molecular weight excluding hydrogens is 236 g/mol. The fourth-order valence-corrected chi connectivity index (χ4v) is 2.11. The van der Waals surface area contributed by atoms with Gasteiger partial charge in [0, 0.05) is 18.2 Å². The van der Waals surface area contributed by atoms with Gasteiger partial charge in [0.1, 0.15) is 0 Å². The van der Waals surface area contributed by atoms with E-state index < -0.39 is 0 Å². The van der Waals surface area contributed by atoms with Gasteiger partial charge in [-0.25, -0.2) is 0 Å². The van der Waals surface area contributed by atoms with Crippen molar-refractivity contribution >= 4 is 17.3 Å². The summed E-state index contributed by atoms with van der Waals surface area (Å²) in [6.07, 6.45) is 0.439. The van der Waals surface area contributed by atoms with E-state index in [9.17, 15) is 5.11 Å². The number of benzene rings is 1. The van der Waals surface area contributed by atoms with Gasteiger partial charge in [0.15, 0.2) is 0 Å². The molecule has 1 aromatic carbocycles. The highest BCUT2D eigenvalue weighted by molar-refractivity contribution is 6.33. The number of rotatable bonds is 5. The standard InChI is InChI=1S/C13H17ClN2O/c1-10(2)16(8-4-7-15)13-11(9-17)5-3-6-12(13)14/h3,5-6,10,17H,4,8-9H2,1-2H3. The van der Waals surface area contributed by atoms with E-state index in [0.717, 1.165) is 11.3 Å². The van der Waals surface area contributed by atoms with E-state index in [-0.39, 0.29) is 12.6 Å². The molecule has 17 heavy (non-hydrogen) atoms. The second-order valence-corrected chi connectivity index (χ2v) is 4.51. The molecule has 4 heteroatoms. The second kappa shape index (κ2) is 6.48. The van der Waals surface area contributed by atoms with Crippen molar-refractivity contribution in [2.45, 2.75) is 32.9 Å². The molecule has 0 atom stereocenters. The van der Waals surface area contributed by atoms with Crippen LogP contribution in [-0.2, 0) is 6.61 Å². The maximum atomic E-state index is 9.35. The Balaban J connectivity index is 3.13. The van der Waals surface area contributed by atoms with Crippen molar-refractivity contribution in [1.82, 2.24) is 0 Å². The number of nitrogens with zero attached hydrogens (tertiary/aromatic N) is 2. The zero-order valence-electron chi connectivity index (χ0n) is 10.2. The number of aliphatic hydroxyl groups is 1. The zero-order chi connectivity index (χ0) is 12.8. The molecule has 0 fully saturated rings. The van der Waals surface area contributed by atoms with Crippen LogP contribution in [0.15, 0.2) is 18.2 Å². The van der Waals surface area contributed by atoms with Gasteiger partial charge in [-0.2, -0.15) is 5.26 Å². The number of anilines is 1. The lowest BCUT2D eigenvalue weighted by Crippen LogP contribution is -2.32. The van der Waals surface area contributed by atoms with Crippen molar-refractivity contribution in [2.75, 3.05) is 11.4 Å². The van der Waals surface area contributed by atoms with Gasteiger partial charge in [0.25, 0.3) is 0 Å². The number of hydrogen-bond donors (Lipinski definition) is 1. The molecule has 0 aromatic heterocycles. The molecule has 1 N–H and O–H groups in total. The van der Waals surface area contributed by atoms with E-state index in [1.54, 1.807) is 6.07 Å². The summed E-state index contributed by atoms with van der Waals surface area (Å²) in [5.41, 5.74) is 1.63. The third-order valence-electron chi connectivity index (χ3n) is 2.62. The van der Waals surface area contributed by atoms with Crippen molar-refractivity contribution in [3.8, 4) is 6.07 Å². The summed E-state index contributed by atoms with van der Waals surface area (Å²) in [5, 5.41) is 18.6. The van der Waals surface area contributed by atoms with E-state index in [1.165, 1.54) is 0 Å². The Morgan fingerprint density at radius 3 is 2.71 bits per heavy atom. The molecule has 0 heterocycles. The summed E-state index contributed by atoms with van der Waals surface area (Å²) in [6.45, 7) is 4.65. The minimum absolute atomic E-state index is 0.0499. The van der Waals surface area contributed by atoms with E-state index in [0.29, 0.717) is 18.0 Å². The first-order valence-electron chi connectivity index (χ1n) is 5.63. The van der Waals surface area contributed by atoms with Crippen LogP contribution in [0.5, 0.6) is 0 Å². The van der Waals surface area contributed by atoms with Gasteiger partial charge in [0.2, 0.25) is 0 Å². The highest BCUT2D eigenvalue weighted by Crippen LogP contribution is 2.31. The highest BCUT2D eigenvalue weighted by atomic mass is 35.5. The molecular formula is C13H17ClN2O. The van der Waals surface area contributed by atoms with Crippen molar-refractivity contribution in [1.29, 1.82) is 5.26 Å². The Hall–Kier alpha value is -1.24. The van der Waals surface area contributed by atoms with Crippen LogP contribution in [0.4, 0.5) is 5.69 Å². The Morgan fingerprint density at radius 1 is 1.47 bits per heavy atom. The first kappa shape index (κ1) is 13.8. The number of nitriles is 1. The molecule has 0 saturated heterocycles. The molecule has 0 saturated carbocycles. The normalized spacial score (nSPS) is 10.4. The van der Waals surface area contributed by atoms with E-state index in [4.69, 9.17) is 16.9 Å². The van der Waals surface area contributed by atoms with Crippen LogP contribution in [0.2, 0.25) is 5.02 Å². The van der Waals surface area contributed by atoms with Gasteiger partial charge in [0.05, 0.1) is 29.8 Å². The summed E-state index contributed by atoms with van der Waals surface area (Å²) in [5.74, 6) is 0. The summed E-state index contributed by atoms with van der Waals surface area (Å²) in [6, 6.07) is 7.84. The Bertz CT molecular complexity index is 412. The van der Waals surface area contributed by atoms with Gasteiger partial charge in [-0.15, -0.1) is 0 Å². The van der Waals surface area contributed by atoms with E-state index in [1.807, 2.05) is 26.0 Å². The lowest BCUT2D eigenvalue weighted by Gasteiger charge is -2.30. The molecule has 1 rings (SSSR count). The van der Waals surface area contributed by atoms with Crippen molar-refractivity contribution in [2.24, 2.45) is 0 Å². The molecule has 1 aromatic rings. The molecule has 92 valence electrons. The average Bonchev–Trinajstić information content (AvgIpc) is 2.30. The molecule has 0 aliphatic rings. The van der Waals surface area contributed by atoms with Crippen LogP contribution in [0, 0.1) is 11.3 Å². The predicted molar refractivity (Wildman–Crippen MR) is 70.1 cm³/mol. The summed E-state index contributed by atoms with van der Waals surface area (Å²) >= 11 is 6.19. The molecule has 0 spiro atoms. The molecule has 0 bridgehead atoms. The van der Waals surface area contributed by atoms with E-state index in [2.05, 4.69) is 11.0 Å². The molecule has 3 nitrogen and oxygen atoms in total. The van der Waals surface area contributed by atoms with Gasteiger partial charge in [-0.1, -0.05) is 23.7 Å². The van der Waals surface area contributed by atoms with Crippen LogP contribution in [0.1, 0.15) is 25.8 Å². The zero-order valence-corrected chi connectivity index (χ0v) is 10.9. The van der Waals surface area contributed by atoms with Crippen molar-refractivity contribution in [3.05, 3.63) is 28.8 Å². The second-order valence-electron chi connectivity index (χ2n) is 4.10. The third kappa shape index (κ3) is 3.36. The monoisotopic (exact) mass is 252 g/mol. The SMILES string of the molecule is CC(C)N(CCC#N)c1c(Cl)cccc1CO. The van der Waals surface area contributed by atoms with Crippen LogP contribution < -0.4 is 4.90 Å². The smallest absolute Gasteiger partial charge is 0.0702 e. The first-order valence-corrected chi connectivity index (χ1v) is 6.01. The van der Waals surface area contributed by atoms with Gasteiger partial charge < -0.3 is 10.0 Å². The summed E-state index contributed by atoms with van der Waals surface area (Å²) in [7, 11) is 0. The predicted octanol–water partition coefficient (Wildman–Crippen LogP) is 2.96. The number of aliphatic hydroxyl groups excluding tert-OH is 1. The summed E-state index contributed by atoms with van der Waals surface area (Å²) in [4.78, 5) is 2.05. The van der Waals surface area contributed by atoms with Gasteiger partial charge in [-0.3, -0.25) is 0 Å². The van der Waals surface area contributed by atoms with E-state index >= 15 is 0 Å². The molecule has 0 aliphatic carbocycles. The van der Waals surface area contributed by atoms with Crippen LogP contribution in [0.3, 0.4) is 0 Å². The van der Waals surface area contributed by atoms with Gasteiger partial charge in [-0.05, 0) is 19.9 Å². The lowest BCUT2D eigenvalue weighted by atomic mass is 10.1. The quantitative estimate of drug-likeness (QED) is 0.877. The molecule has 0 amide bonds. The van der Waals surface area contributed by atoms with Crippen LogP contribution >= 0.6 is 11.6 Å². The topological polar surface area (TPSA) is 47.3 Å². The number of hydrogen-bond acceptors (Lipinski definition) is 3. The lowest BCUT2D eigenvalue weighted by molar-refractivity contribution is 0.282. The minimum Gasteiger partial charge on any atom is -0.392 e. The largest absolute Gasteiger partial charge is 0.392 e. The fraction of sp³-hybridized carbons (Fsp3) is 0.462.